The van der Waals surface area contributed by atoms with Crippen LogP contribution in [0.5, 0.6) is 5.75 Å². The molecule has 1 aliphatic heterocycles. The number of benzene rings is 2. The normalized spacial score (nSPS) is 25.3. The van der Waals surface area contributed by atoms with Crippen molar-refractivity contribution in [1.82, 2.24) is 9.88 Å². The van der Waals surface area contributed by atoms with E-state index in [-0.39, 0.29) is 5.92 Å². The number of aliphatic hydroxyl groups excluding tert-OH is 1. The van der Waals surface area contributed by atoms with Gasteiger partial charge in [-0.2, -0.15) is 0 Å². The topological polar surface area (TPSA) is 109 Å². The number of aliphatic carboxylic acids is 1. The van der Waals surface area contributed by atoms with E-state index in [4.69, 9.17) is 10.5 Å². The molecule has 36 heavy (non-hydrogen) atoms. The van der Waals surface area contributed by atoms with Crippen LogP contribution < -0.4 is 10.5 Å². The summed E-state index contributed by atoms with van der Waals surface area (Å²) in [4.78, 5) is 19.0. The predicted octanol–water partition coefficient (Wildman–Crippen LogP) is 4.61. The zero-order valence-electron chi connectivity index (χ0n) is 20.7. The van der Waals surface area contributed by atoms with Crippen LogP contribution >= 0.6 is 0 Å². The van der Waals surface area contributed by atoms with Gasteiger partial charge in [-0.1, -0.05) is 12.1 Å². The van der Waals surface area contributed by atoms with Crippen LogP contribution in [0.25, 0.3) is 10.9 Å². The number of likely N-dealkylation sites (tertiary alicyclic amines) is 1. The molecule has 3 aromatic rings. The Labute approximate surface area is 211 Å². The van der Waals surface area contributed by atoms with Crippen LogP contribution in [0.2, 0.25) is 0 Å². The fourth-order valence-electron chi connectivity index (χ4n) is 6.05. The van der Waals surface area contributed by atoms with E-state index in [1.54, 1.807) is 13.3 Å². The first-order chi connectivity index (χ1) is 17.4. The van der Waals surface area contributed by atoms with Crippen LogP contribution in [0.1, 0.15) is 55.3 Å². The fraction of sp³-hybridized carbons (Fsp3) is 0.448. The Bertz CT molecular complexity index is 1230. The van der Waals surface area contributed by atoms with Gasteiger partial charge in [-0.05, 0) is 98.0 Å². The number of pyridine rings is 1. The van der Waals surface area contributed by atoms with E-state index < -0.39 is 18.0 Å². The molecule has 0 radical (unpaired) electrons. The Balaban J connectivity index is 1.19. The monoisotopic (exact) mass is 489 g/mol. The van der Waals surface area contributed by atoms with Crippen LogP contribution in [0.15, 0.2) is 54.7 Å². The van der Waals surface area contributed by atoms with Crippen molar-refractivity contribution in [2.75, 3.05) is 25.9 Å². The summed E-state index contributed by atoms with van der Waals surface area (Å²) in [6.07, 6.45) is 5.17. The standard InChI is InChI=1S/C29H35N3O4/c1-36-23-6-7-27-25(16-23)24(9-11-31-27)28(33)8-5-18-10-12-32(17-26(18)29(34)35)22-14-20(15-22)19-3-2-4-21(30)13-19/h2-4,6-7,9,11,13,16,18,20,22,26,28,33H,5,8,10,12,14-15,17,30H2,1H3,(H,34,35)/t18-,20?,22?,26+,28+/m1/s1. The highest BCUT2D eigenvalue weighted by Gasteiger charge is 2.41. The number of aromatic nitrogens is 1. The van der Waals surface area contributed by atoms with Crippen molar-refractivity contribution < 1.29 is 19.7 Å². The first-order valence-corrected chi connectivity index (χ1v) is 12.9. The molecule has 1 saturated carbocycles. The van der Waals surface area contributed by atoms with E-state index in [0.29, 0.717) is 31.3 Å². The van der Waals surface area contributed by atoms with E-state index >= 15 is 0 Å². The summed E-state index contributed by atoms with van der Waals surface area (Å²) in [5.41, 5.74) is 9.64. The number of methoxy groups -OCH3 is 1. The number of nitrogens with zero attached hydrogens (tertiary/aromatic N) is 2. The van der Waals surface area contributed by atoms with Crippen molar-refractivity contribution in [3.05, 3.63) is 65.9 Å². The molecule has 2 fully saturated rings. The molecule has 2 aromatic carbocycles. The third-order valence-electron chi connectivity index (χ3n) is 8.27. The molecule has 190 valence electrons. The lowest BCUT2D eigenvalue weighted by molar-refractivity contribution is -0.147. The van der Waals surface area contributed by atoms with Crippen molar-refractivity contribution >= 4 is 22.6 Å². The number of anilines is 1. The average Bonchev–Trinajstić information content (AvgIpc) is 2.86. The highest BCUT2D eigenvalue weighted by molar-refractivity contribution is 5.83. The molecular formula is C29H35N3O4. The molecule has 7 nitrogen and oxygen atoms in total. The second-order valence-electron chi connectivity index (χ2n) is 10.4. The Hall–Kier alpha value is -3.16. The molecule has 1 saturated heterocycles. The summed E-state index contributed by atoms with van der Waals surface area (Å²) >= 11 is 0. The number of nitrogen functional groups attached to an aromatic ring is 1. The lowest BCUT2D eigenvalue weighted by Crippen LogP contribution is -2.52. The highest BCUT2D eigenvalue weighted by Crippen LogP contribution is 2.43. The molecule has 7 heteroatoms. The van der Waals surface area contributed by atoms with E-state index in [1.165, 1.54) is 5.56 Å². The lowest BCUT2D eigenvalue weighted by Gasteiger charge is -2.47. The molecule has 0 spiro atoms. The van der Waals surface area contributed by atoms with E-state index in [0.717, 1.165) is 53.7 Å². The number of hydrogen-bond acceptors (Lipinski definition) is 6. The zero-order chi connectivity index (χ0) is 25.2. The van der Waals surface area contributed by atoms with Gasteiger partial charge in [0.05, 0.1) is 24.6 Å². The molecule has 0 amide bonds. The third-order valence-corrected chi connectivity index (χ3v) is 8.27. The van der Waals surface area contributed by atoms with Gasteiger partial charge in [0.15, 0.2) is 0 Å². The highest BCUT2D eigenvalue weighted by atomic mass is 16.5. The summed E-state index contributed by atoms with van der Waals surface area (Å²) < 4.78 is 5.35. The summed E-state index contributed by atoms with van der Waals surface area (Å²) in [5.74, 6) is 0.136. The van der Waals surface area contributed by atoms with Gasteiger partial charge in [0.2, 0.25) is 0 Å². The first-order valence-electron chi connectivity index (χ1n) is 12.9. The Morgan fingerprint density at radius 1 is 1.22 bits per heavy atom. The molecular weight excluding hydrogens is 454 g/mol. The summed E-state index contributed by atoms with van der Waals surface area (Å²) in [7, 11) is 1.62. The van der Waals surface area contributed by atoms with Gasteiger partial charge in [-0.25, -0.2) is 0 Å². The maximum Gasteiger partial charge on any atom is 0.308 e. The number of ether oxygens (including phenoxy) is 1. The molecule has 0 unspecified atom stereocenters. The number of fused-ring (bicyclic) bond motifs is 1. The van der Waals surface area contributed by atoms with Crippen molar-refractivity contribution in [3.63, 3.8) is 0 Å². The molecule has 4 N–H and O–H groups in total. The number of piperidine rings is 1. The molecule has 2 aliphatic rings. The average molecular weight is 490 g/mol. The zero-order valence-corrected chi connectivity index (χ0v) is 20.7. The van der Waals surface area contributed by atoms with Crippen molar-refractivity contribution in [2.45, 2.75) is 50.2 Å². The largest absolute Gasteiger partial charge is 0.497 e. The Morgan fingerprint density at radius 2 is 2.06 bits per heavy atom. The second-order valence-corrected chi connectivity index (χ2v) is 10.4. The van der Waals surface area contributed by atoms with Crippen molar-refractivity contribution in [2.24, 2.45) is 11.8 Å². The van der Waals surface area contributed by atoms with E-state index in [9.17, 15) is 15.0 Å². The Morgan fingerprint density at radius 3 is 2.81 bits per heavy atom. The number of aliphatic hydroxyl groups is 1. The van der Waals surface area contributed by atoms with Gasteiger partial charge in [0.1, 0.15) is 5.75 Å². The van der Waals surface area contributed by atoms with Crippen LogP contribution in [0.3, 0.4) is 0 Å². The van der Waals surface area contributed by atoms with Gasteiger partial charge in [0.25, 0.3) is 0 Å². The predicted molar refractivity (Wildman–Crippen MR) is 140 cm³/mol. The minimum atomic E-state index is -0.731. The summed E-state index contributed by atoms with van der Waals surface area (Å²) in [6, 6.07) is 16.0. The second kappa shape index (κ2) is 10.4. The lowest BCUT2D eigenvalue weighted by atomic mass is 9.73. The summed E-state index contributed by atoms with van der Waals surface area (Å²) in [5, 5.41) is 21.9. The number of carbonyl (C=O) groups is 1. The first kappa shape index (κ1) is 24.5. The fourth-order valence-corrected chi connectivity index (χ4v) is 6.05. The minimum Gasteiger partial charge on any atom is -0.497 e. The number of rotatable bonds is 8. The Kier molecular flexibility index (Phi) is 7.12. The molecule has 1 aromatic heterocycles. The minimum absolute atomic E-state index is 0.0563. The van der Waals surface area contributed by atoms with E-state index in [1.807, 2.05) is 36.4 Å². The van der Waals surface area contributed by atoms with Gasteiger partial charge in [-0.3, -0.25) is 14.7 Å². The van der Waals surface area contributed by atoms with Gasteiger partial charge in [0, 0.05) is 29.9 Å². The van der Waals surface area contributed by atoms with Crippen LogP contribution in [0, 0.1) is 11.8 Å². The third kappa shape index (κ3) is 5.04. The smallest absolute Gasteiger partial charge is 0.308 e. The molecule has 5 rings (SSSR count). The van der Waals surface area contributed by atoms with Crippen LogP contribution in [-0.2, 0) is 4.79 Å². The SMILES string of the molecule is COc1ccc2nccc([C@@H](O)CC[C@@H]3CCN(C4CC(c5cccc(N)c5)C4)C[C@@H]3C(=O)O)c2c1. The molecule has 0 bridgehead atoms. The van der Waals surface area contributed by atoms with Gasteiger partial charge < -0.3 is 20.7 Å². The number of carboxylic acid groups (broad SMARTS) is 1. The van der Waals surface area contributed by atoms with Gasteiger partial charge >= 0.3 is 5.97 Å². The van der Waals surface area contributed by atoms with Crippen LogP contribution in [0.4, 0.5) is 5.69 Å². The number of carboxylic acids is 1. The maximum atomic E-state index is 12.2. The van der Waals surface area contributed by atoms with Crippen LogP contribution in [-0.4, -0.2) is 52.3 Å². The molecule has 1 aliphatic carbocycles. The summed E-state index contributed by atoms with van der Waals surface area (Å²) in [6.45, 7) is 1.49. The number of nitrogens with two attached hydrogens (primary N) is 1. The van der Waals surface area contributed by atoms with E-state index in [2.05, 4.69) is 22.0 Å². The molecule has 3 atom stereocenters. The quantitative estimate of drug-likeness (QED) is 0.397. The van der Waals surface area contributed by atoms with Crippen molar-refractivity contribution in [3.8, 4) is 5.75 Å². The van der Waals surface area contributed by atoms with Crippen molar-refractivity contribution in [1.29, 1.82) is 0 Å². The molecule has 2 heterocycles. The maximum absolute atomic E-state index is 12.2. The van der Waals surface area contributed by atoms with Gasteiger partial charge in [-0.15, -0.1) is 0 Å². The number of hydrogen-bond donors (Lipinski definition) is 3.